The van der Waals surface area contributed by atoms with Crippen LogP contribution in [0.4, 0.5) is 0 Å². The summed E-state index contributed by atoms with van der Waals surface area (Å²) in [6.07, 6.45) is 1.86. The van der Waals surface area contributed by atoms with Gasteiger partial charge >= 0.3 is 0 Å². The second-order valence-electron chi connectivity index (χ2n) is 4.71. The van der Waals surface area contributed by atoms with Crippen LogP contribution >= 0.6 is 34.8 Å². The third-order valence-electron chi connectivity index (χ3n) is 3.27. The molecule has 6 heteroatoms. The summed E-state index contributed by atoms with van der Waals surface area (Å²) in [5, 5.41) is 0.947. The zero-order valence-corrected chi connectivity index (χ0v) is 13.2. The van der Waals surface area contributed by atoms with Crippen molar-refractivity contribution in [2.45, 2.75) is 18.9 Å². The first-order valence-corrected chi connectivity index (χ1v) is 7.82. The molecule has 0 unspecified atom stereocenters. The molecule has 0 N–H and O–H groups in total. The van der Waals surface area contributed by atoms with E-state index < -0.39 is 0 Å². The molecule has 2 rings (SSSR count). The van der Waals surface area contributed by atoms with Crippen molar-refractivity contribution in [3.63, 3.8) is 0 Å². The molecule has 0 aliphatic carbocycles. The van der Waals surface area contributed by atoms with Gasteiger partial charge in [0.15, 0.2) is 0 Å². The van der Waals surface area contributed by atoms with Gasteiger partial charge in [0.05, 0.1) is 12.7 Å². The third kappa shape index (κ3) is 4.26. The fraction of sp³-hybridized carbons (Fsp3) is 0.500. The number of nitrogens with zero attached hydrogens (tertiary/aromatic N) is 1. The van der Waals surface area contributed by atoms with Crippen LogP contribution in [-0.4, -0.2) is 42.5 Å². The molecule has 1 aromatic rings. The minimum absolute atomic E-state index is 0.0369. The minimum Gasteiger partial charge on any atom is -0.377 e. The highest BCUT2D eigenvalue weighted by molar-refractivity contribution is 6.35. The molecule has 3 nitrogen and oxygen atoms in total. The first-order valence-electron chi connectivity index (χ1n) is 6.53. The third-order valence-corrected chi connectivity index (χ3v) is 3.86. The molecule has 0 radical (unpaired) electrons. The summed E-state index contributed by atoms with van der Waals surface area (Å²) >= 11 is 17.4. The Bertz CT molecular complexity index is 453. The van der Waals surface area contributed by atoms with Crippen LogP contribution in [0.15, 0.2) is 18.2 Å². The van der Waals surface area contributed by atoms with E-state index in [9.17, 15) is 4.79 Å². The Morgan fingerprint density at radius 2 is 1.80 bits per heavy atom. The molecule has 1 fully saturated rings. The summed E-state index contributed by atoms with van der Waals surface area (Å²) < 4.78 is 5.59. The Hall–Kier alpha value is -0.480. The average Bonchev–Trinajstić information content (AvgIpc) is 2.44. The Morgan fingerprint density at radius 3 is 2.35 bits per heavy atom. The van der Waals surface area contributed by atoms with E-state index in [1.807, 2.05) is 4.90 Å². The van der Waals surface area contributed by atoms with Gasteiger partial charge in [0.25, 0.3) is 5.91 Å². The van der Waals surface area contributed by atoms with E-state index in [1.165, 1.54) is 0 Å². The van der Waals surface area contributed by atoms with Gasteiger partial charge in [-0.05, 0) is 31.0 Å². The quantitative estimate of drug-likeness (QED) is 0.782. The number of hydrogen-bond acceptors (Lipinski definition) is 2. The number of carbonyl (C=O) groups excluding carboxylic acids is 1. The molecular weight excluding hydrogens is 321 g/mol. The number of likely N-dealkylation sites (tertiary alicyclic amines) is 1. The summed E-state index contributed by atoms with van der Waals surface area (Å²) in [5.41, 5.74) is 0.530. The lowest BCUT2D eigenvalue weighted by Gasteiger charge is -2.32. The van der Waals surface area contributed by atoms with Crippen LogP contribution in [0.1, 0.15) is 23.2 Å². The highest BCUT2D eigenvalue weighted by atomic mass is 35.5. The Morgan fingerprint density at radius 1 is 1.20 bits per heavy atom. The lowest BCUT2D eigenvalue weighted by molar-refractivity contribution is 0.0154. The van der Waals surface area contributed by atoms with Gasteiger partial charge in [-0.1, -0.05) is 23.2 Å². The molecule has 1 aromatic carbocycles. The maximum atomic E-state index is 12.4. The summed E-state index contributed by atoms with van der Waals surface area (Å²) in [7, 11) is 0. The topological polar surface area (TPSA) is 29.5 Å². The van der Waals surface area contributed by atoms with Crippen LogP contribution in [0.2, 0.25) is 10.0 Å². The molecule has 0 atom stereocenters. The number of hydrogen-bond donors (Lipinski definition) is 0. The van der Waals surface area contributed by atoms with Crippen molar-refractivity contribution in [2.24, 2.45) is 0 Å². The lowest BCUT2D eigenvalue weighted by atomic mass is 10.1. The van der Waals surface area contributed by atoms with Crippen molar-refractivity contribution >= 4 is 40.7 Å². The zero-order valence-electron chi connectivity index (χ0n) is 10.9. The smallest absolute Gasteiger partial charge is 0.253 e. The highest BCUT2D eigenvalue weighted by Gasteiger charge is 2.24. The zero-order chi connectivity index (χ0) is 14.5. The van der Waals surface area contributed by atoms with Crippen LogP contribution in [0.3, 0.4) is 0 Å². The average molecular weight is 337 g/mol. The molecule has 20 heavy (non-hydrogen) atoms. The van der Waals surface area contributed by atoms with E-state index in [2.05, 4.69) is 0 Å². The largest absolute Gasteiger partial charge is 0.377 e. The van der Waals surface area contributed by atoms with E-state index >= 15 is 0 Å². The molecule has 0 bridgehead atoms. The van der Waals surface area contributed by atoms with Gasteiger partial charge in [-0.25, -0.2) is 0 Å². The number of benzene rings is 1. The Balaban J connectivity index is 1.94. The lowest BCUT2D eigenvalue weighted by Crippen LogP contribution is -2.41. The van der Waals surface area contributed by atoms with Gasteiger partial charge in [-0.3, -0.25) is 4.79 Å². The number of amides is 1. The Kier molecular flexibility index (Phi) is 5.97. The molecule has 1 aliphatic rings. The Labute approximate surface area is 133 Å². The first-order chi connectivity index (χ1) is 9.60. The SMILES string of the molecule is O=C(c1cc(Cl)cc(Cl)c1)N1CCC(OCCCl)CC1. The molecule has 1 aliphatic heterocycles. The van der Waals surface area contributed by atoms with Gasteiger partial charge in [-0.2, -0.15) is 0 Å². The second kappa shape index (κ2) is 7.51. The number of ether oxygens (including phenoxy) is 1. The first kappa shape index (κ1) is 15.9. The fourth-order valence-electron chi connectivity index (χ4n) is 2.30. The second-order valence-corrected chi connectivity index (χ2v) is 5.96. The van der Waals surface area contributed by atoms with Crippen molar-refractivity contribution in [2.75, 3.05) is 25.6 Å². The number of rotatable bonds is 4. The van der Waals surface area contributed by atoms with Crippen molar-refractivity contribution in [3.05, 3.63) is 33.8 Å². The number of carbonyl (C=O) groups is 1. The summed E-state index contributed by atoms with van der Waals surface area (Å²) in [6, 6.07) is 4.91. The molecule has 1 heterocycles. The molecule has 1 amide bonds. The fourth-order valence-corrected chi connectivity index (χ4v) is 2.91. The summed E-state index contributed by atoms with van der Waals surface area (Å²) in [6.45, 7) is 1.91. The van der Waals surface area contributed by atoms with E-state index in [0.29, 0.717) is 41.2 Å². The standard InChI is InChI=1S/C14H16Cl3NO2/c15-3-6-20-13-1-4-18(5-2-13)14(19)10-7-11(16)9-12(17)8-10/h7-9,13H,1-6H2. The van der Waals surface area contributed by atoms with Crippen LogP contribution in [0, 0.1) is 0 Å². The number of piperidine rings is 1. The van der Waals surface area contributed by atoms with E-state index in [4.69, 9.17) is 39.5 Å². The highest BCUT2D eigenvalue weighted by Crippen LogP contribution is 2.22. The van der Waals surface area contributed by atoms with Crippen LogP contribution < -0.4 is 0 Å². The number of halogens is 3. The molecule has 0 spiro atoms. The van der Waals surface area contributed by atoms with Crippen molar-refractivity contribution in [3.8, 4) is 0 Å². The van der Waals surface area contributed by atoms with Crippen molar-refractivity contribution < 1.29 is 9.53 Å². The predicted octanol–water partition coefficient (Wildman–Crippen LogP) is 3.85. The van der Waals surface area contributed by atoms with Gasteiger partial charge in [-0.15, -0.1) is 11.6 Å². The predicted molar refractivity (Wildman–Crippen MR) is 82.1 cm³/mol. The van der Waals surface area contributed by atoms with Crippen LogP contribution in [-0.2, 0) is 4.74 Å². The van der Waals surface area contributed by atoms with Crippen molar-refractivity contribution in [1.29, 1.82) is 0 Å². The minimum atomic E-state index is -0.0369. The van der Waals surface area contributed by atoms with Crippen LogP contribution in [0.5, 0.6) is 0 Å². The monoisotopic (exact) mass is 335 g/mol. The summed E-state index contributed by atoms with van der Waals surface area (Å²) in [5.74, 6) is 0.463. The molecule has 110 valence electrons. The van der Waals surface area contributed by atoms with Crippen molar-refractivity contribution in [1.82, 2.24) is 4.90 Å². The van der Waals surface area contributed by atoms with Gasteiger partial charge in [0.2, 0.25) is 0 Å². The molecule has 0 aromatic heterocycles. The van der Waals surface area contributed by atoms with E-state index in [-0.39, 0.29) is 12.0 Å². The normalized spacial score (nSPS) is 16.4. The summed E-state index contributed by atoms with van der Waals surface area (Å²) in [4.78, 5) is 14.2. The van der Waals surface area contributed by atoms with E-state index in [1.54, 1.807) is 18.2 Å². The van der Waals surface area contributed by atoms with Gasteiger partial charge < -0.3 is 9.64 Å². The van der Waals surface area contributed by atoms with Gasteiger partial charge in [0, 0.05) is 34.6 Å². The molecule has 0 saturated carbocycles. The maximum Gasteiger partial charge on any atom is 0.253 e. The molecule has 1 saturated heterocycles. The van der Waals surface area contributed by atoms with Crippen LogP contribution in [0.25, 0.3) is 0 Å². The van der Waals surface area contributed by atoms with Gasteiger partial charge in [0.1, 0.15) is 0 Å². The molecular formula is C14H16Cl3NO2. The number of alkyl halides is 1. The van der Waals surface area contributed by atoms with E-state index in [0.717, 1.165) is 12.8 Å². The maximum absolute atomic E-state index is 12.4.